The van der Waals surface area contributed by atoms with E-state index in [4.69, 9.17) is 4.42 Å². The van der Waals surface area contributed by atoms with Gasteiger partial charge in [0, 0.05) is 27.6 Å². The van der Waals surface area contributed by atoms with Crippen LogP contribution in [0.5, 0.6) is 0 Å². The van der Waals surface area contributed by atoms with E-state index in [1.54, 1.807) is 11.1 Å². The number of anilines is 3. The number of hydrogen-bond acceptors (Lipinski definition) is 2. The smallest absolute Gasteiger partial charge is 0.159 e. The Bertz CT molecular complexity index is 2460. The molecule has 4 fully saturated rings. The fourth-order valence-electron chi connectivity index (χ4n) is 13.5. The molecule has 6 aromatic rings. The number of furan rings is 1. The molecule has 4 saturated carbocycles. The van der Waals surface area contributed by atoms with Crippen LogP contribution in [0.3, 0.4) is 0 Å². The van der Waals surface area contributed by atoms with Gasteiger partial charge in [-0.2, -0.15) is 0 Å². The van der Waals surface area contributed by atoms with Crippen LogP contribution in [0.2, 0.25) is 0 Å². The van der Waals surface area contributed by atoms with Gasteiger partial charge in [-0.3, -0.25) is 0 Å². The summed E-state index contributed by atoms with van der Waals surface area (Å²) in [6.07, 6.45) is 8.29. The zero-order valence-electron chi connectivity index (χ0n) is 29.7. The van der Waals surface area contributed by atoms with Crippen LogP contribution in [0, 0.1) is 29.1 Å². The monoisotopic (exact) mass is 651 g/mol. The molecule has 2 spiro atoms. The molecule has 2 nitrogen and oxygen atoms in total. The summed E-state index contributed by atoms with van der Waals surface area (Å²) in [4.78, 5) is 2.51. The van der Waals surface area contributed by atoms with Gasteiger partial charge in [-0.1, -0.05) is 94.4 Å². The summed E-state index contributed by atoms with van der Waals surface area (Å²) in [5, 5.41) is 2.34. The minimum absolute atomic E-state index is 0.114. The zero-order chi connectivity index (χ0) is 33.4. The minimum Gasteiger partial charge on any atom is -0.454 e. The third kappa shape index (κ3) is 3.12. The van der Waals surface area contributed by atoms with Crippen molar-refractivity contribution >= 4 is 39.0 Å². The molecular formula is C48H45NO. The molecule has 12 rings (SSSR count). The Morgan fingerprint density at radius 3 is 2.16 bits per heavy atom. The van der Waals surface area contributed by atoms with Gasteiger partial charge in [-0.05, 0) is 148 Å². The number of nitrogens with zero attached hydrogens (tertiary/aromatic N) is 1. The Labute approximate surface area is 295 Å². The predicted octanol–water partition coefficient (Wildman–Crippen LogP) is 12.7. The van der Waals surface area contributed by atoms with Crippen LogP contribution in [-0.2, 0) is 16.2 Å². The maximum atomic E-state index is 6.76. The van der Waals surface area contributed by atoms with Crippen molar-refractivity contribution in [1.82, 2.24) is 0 Å². The van der Waals surface area contributed by atoms with Gasteiger partial charge in [0.15, 0.2) is 5.58 Å². The van der Waals surface area contributed by atoms with Gasteiger partial charge in [0.05, 0.1) is 5.69 Å². The van der Waals surface area contributed by atoms with Gasteiger partial charge in [-0.15, -0.1) is 0 Å². The van der Waals surface area contributed by atoms with Crippen molar-refractivity contribution in [1.29, 1.82) is 0 Å². The van der Waals surface area contributed by atoms with Crippen molar-refractivity contribution in [3.63, 3.8) is 0 Å². The van der Waals surface area contributed by atoms with E-state index in [-0.39, 0.29) is 16.2 Å². The average molecular weight is 652 g/mol. The van der Waals surface area contributed by atoms with Crippen molar-refractivity contribution in [2.45, 2.75) is 82.5 Å². The maximum absolute atomic E-state index is 6.76. The molecule has 0 radical (unpaired) electrons. The van der Waals surface area contributed by atoms with E-state index in [1.807, 2.05) is 0 Å². The molecule has 0 N–H and O–H groups in total. The summed E-state index contributed by atoms with van der Waals surface area (Å²) in [6, 6.07) is 39.6. The Morgan fingerprint density at radius 2 is 1.30 bits per heavy atom. The molecule has 1 heterocycles. The maximum Gasteiger partial charge on any atom is 0.159 e. The van der Waals surface area contributed by atoms with Crippen molar-refractivity contribution in [3.8, 4) is 11.1 Å². The molecule has 1 aromatic heterocycles. The Morgan fingerprint density at radius 1 is 0.600 bits per heavy atom. The second-order valence-electron chi connectivity index (χ2n) is 18.4. The summed E-state index contributed by atoms with van der Waals surface area (Å²) in [7, 11) is 0. The van der Waals surface area contributed by atoms with Crippen molar-refractivity contribution in [3.05, 3.63) is 125 Å². The molecule has 0 saturated heterocycles. The van der Waals surface area contributed by atoms with Gasteiger partial charge in [0.2, 0.25) is 0 Å². The summed E-state index contributed by atoms with van der Waals surface area (Å²) < 4.78 is 6.76. The molecule has 248 valence electrons. The highest BCUT2D eigenvalue weighted by atomic mass is 16.3. The topological polar surface area (TPSA) is 16.4 Å². The molecule has 2 bridgehead atoms. The standard InChI is InChI=1S/C48H45NO/c1-45(2)20-21-46(3,4)39-26-31(17-19-38(39)45)49(40-14-9-12-34-33-11-6-8-15-41(33)50-44(34)40)30-16-18-37-35(25-30)32-10-5-7-13-36(32)48(37)42-23-28-22-29-24-43(48)47(29,42)27-28/h5-19,25-26,28-29,42-43H,20-24,27H2,1-4H3. The minimum atomic E-state index is 0.114. The van der Waals surface area contributed by atoms with Gasteiger partial charge in [-0.25, -0.2) is 0 Å². The summed E-state index contributed by atoms with van der Waals surface area (Å²) in [6.45, 7) is 9.72. The van der Waals surface area contributed by atoms with E-state index in [9.17, 15) is 0 Å². The highest BCUT2D eigenvalue weighted by Crippen LogP contribution is 2.89. The first-order valence-electron chi connectivity index (χ1n) is 19.3. The number of rotatable bonds is 3. The zero-order valence-corrected chi connectivity index (χ0v) is 29.7. The van der Waals surface area contributed by atoms with Crippen molar-refractivity contribution < 1.29 is 4.42 Å². The first-order valence-corrected chi connectivity index (χ1v) is 19.3. The number of fused-ring (bicyclic) bond motifs is 12. The Balaban J connectivity index is 1.09. The second kappa shape index (κ2) is 8.94. The molecule has 0 amide bonds. The number of para-hydroxylation sites is 2. The number of hydrogen-bond donors (Lipinski definition) is 0. The lowest BCUT2D eigenvalue weighted by molar-refractivity contribution is -0.231. The molecule has 6 aliphatic rings. The normalized spacial score (nSPS) is 31.2. The van der Waals surface area contributed by atoms with E-state index < -0.39 is 0 Å². The molecule has 6 atom stereocenters. The van der Waals surface area contributed by atoms with E-state index in [1.165, 1.54) is 82.9 Å². The van der Waals surface area contributed by atoms with Crippen LogP contribution in [0.1, 0.15) is 88.5 Å². The van der Waals surface area contributed by atoms with E-state index in [0.717, 1.165) is 40.5 Å². The largest absolute Gasteiger partial charge is 0.454 e. The van der Waals surface area contributed by atoms with Crippen molar-refractivity contribution in [2.75, 3.05) is 4.90 Å². The first-order chi connectivity index (χ1) is 24.2. The SMILES string of the molecule is CC1(C)CCC(C)(C)c2cc(N(c3ccc4c(c3)-c3ccccc3C43C4CC5CC6CC3C64C5)c3cccc4c3oc3ccccc34)ccc21. The van der Waals surface area contributed by atoms with E-state index in [2.05, 4.69) is 136 Å². The highest BCUT2D eigenvalue weighted by molar-refractivity contribution is 6.10. The lowest BCUT2D eigenvalue weighted by Crippen LogP contribution is -2.73. The molecular weight excluding hydrogens is 607 g/mol. The van der Waals surface area contributed by atoms with Crippen LogP contribution >= 0.6 is 0 Å². The average Bonchev–Trinajstić information content (AvgIpc) is 3.85. The first kappa shape index (κ1) is 28.4. The summed E-state index contributed by atoms with van der Waals surface area (Å²) in [5.41, 5.74) is 15.7. The van der Waals surface area contributed by atoms with Gasteiger partial charge in [0.1, 0.15) is 5.58 Å². The predicted molar refractivity (Wildman–Crippen MR) is 205 cm³/mol. The molecule has 50 heavy (non-hydrogen) atoms. The Kier molecular flexibility index (Phi) is 5.08. The third-order valence-corrected chi connectivity index (χ3v) is 15.6. The van der Waals surface area contributed by atoms with Crippen LogP contribution in [-0.4, -0.2) is 0 Å². The molecule has 6 aliphatic carbocycles. The van der Waals surface area contributed by atoms with Gasteiger partial charge >= 0.3 is 0 Å². The lowest BCUT2D eigenvalue weighted by Gasteiger charge is -2.76. The molecule has 5 aromatic carbocycles. The summed E-state index contributed by atoms with van der Waals surface area (Å²) in [5.74, 6) is 3.59. The highest BCUT2D eigenvalue weighted by Gasteiger charge is 2.84. The lowest BCUT2D eigenvalue weighted by atomic mass is 9.27. The van der Waals surface area contributed by atoms with Crippen LogP contribution in [0.4, 0.5) is 17.1 Å². The fraction of sp³-hybridized carbons (Fsp3) is 0.375. The molecule has 6 unspecified atom stereocenters. The third-order valence-electron chi connectivity index (χ3n) is 15.6. The summed E-state index contributed by atoms with van der Waals surface area (Å²) >= 11 is 0. The quantitative estimate of drug-likeness (QED) is 0.189. The van der Waals surface area contributed by atoms with Gasteiger partial charge in [0.25, 0.3) is 0 Å². The van der Waals surface area contributed by atoms with E-state index >= 15 is 0 Å². The van der Waals surface area contributed by atoms with Gasteiger partial charge < -0.3 is 9.32 Å². The Hall–Kier alpha value is -4.30. The second-order valence-corrected chi connectivity index (χ2v) is 18.4. The van der Waals surface area contributed by atoms with Crippen LogP contribution < -0.4 is 4.90 Å². The molecule has 0 aliphatic heterocycles. The van der Waals surface area contributed by atoms with Crippen molar-refractivity contribution in [2.24, 2.45) is 29.1 Å². The van der Waals surface area contributed by atoms with Crippen LogP contribution in [0.15, 0.2) is 108 Å². The van der Waals surface area contributed by atoms with E-state index in [0.29, 0.717) is 5.41 Å². The fourth-order valence-corrected chi connectivity index (χ4v) is 13.5. The molecule has 2 heteroatoms. The number of benzene rings is 5. The van der Waals surface area contributed by atoms with Crippen LogP contribution in [0.25, 0.3) is 33.1 Å².